The van der Waals surface area contributed by atoms with E-state index in [4.69, 9.17) is 9.84 Å². The van der Waals surface area contributed by atoms with Gasteiger partial charge in [0.1, 0.15) is 12.4 Å². The van der Waals surface area contributed by atoms with E-state index in [1.807, 2.05) is 23.9 Å². The van der Waals surface area contributed by atoms with E-state index in [1.54, 1.807) is 7.11 Å². The van der Waals surface area contributed by atoms with Gasteiger partial charge in [0.25, 0.3) is 0 Å². The molecule has 1 aromatic rings. The molecule has 0 spiro atoms. The summed E-state index contributed by atoms with van der Waals surface area (Å²) in [7, 11) is 1.63. The first-order valence-electron chi connectivity index (χ1n) is 6.46. The Bertz CT molecular complexity index is 458. The van der Waals surface area contributed by atoms with Gasteiger partial charge in [-0.2, -0.15) is 11.8 Å². The Hall–Kier alpha value is -1.11. The molecular weight excluding hydrogens is 256 g/mol. The zero-order valence-corrected chi connectivity index (χ0v) is 12.9. The molecule has 1 rings (SSSR count). The Morgan fingerprint density at radius 2 is 2.05 bits per heavy atom. The molecule has 0 fully saturated rings. The number of hydrogen-bond acceptors (Lipinski definition) is 3. The fourth-order valence-electron chi connectivity index (χ4n) is 1.50. The molecular formula is C16H22O2S. The Labute approximate surface area is 120 Å². The highest BCUT2D eigenvalue weighted by molar-refractivity contribution is 7.99. The Balaban J connectivity index is 2.80. The van der Waals surface area contributed by atoms with Gasteiger partial charge in [-0.05, 0) is 23.6 Å². The highest BCUT2D eigenvalue weighted by Crippen LogP contribution is 2.26. The number of thioether (sulfide) groups is 1. The largest absolute Gasteiger partial charge is 0.495 e. The molecule has 0 aliphatic carbocycles. The van der Waals surface area contributed by atoms with E-state index in [9.17, 15) is 0 Å². The first-order chi connectivity index (χ1) is 9.08. The number of aliphatic hydroxyl groups is 1. The molecule has 0 radical (unpaired) electrons. The summed E-state index contributed by atoms with van der Waals surface area (Å²) in [5.74, 6) is 8.00. The van der Waals surface area contributed by atoms with Crippen molar-refractivity contribution in [3.63, 3.8) is 0 Å². The number of hydrogen-bond donors (Lipinski definition) is 1. The molecule has 0 saturated carbocycles. The van der Waals surface area contributed by atoms with Gasteiger partial charge in [-0.15, -0.1) is 0 Å². The van der Waals surface area contributed by atoms with Crippen LogP contribution in [0.25, 0.3) is 0 Å². The number of ether oxygens (including phenoxy) is 1. The molecule has 2 nitrogen and oxygen atoms in total. The standard InChI is InChI=1S/C16H22O2S/c1-12(2)13(3)19-11-14-7-8-16(18-4)15(10-14)6-5-9-17/h7-8,10,12-13,17H,9,11H2,1-4H3. The summed E-state index contributed by atoms with van der Waals surface area (Å²) in [5.41, 5.74) is 2.08. The molecule has 1 aromatic carbocycles. The normalized spacial score (nSPS) is 11.9. The highest BCUT2D eigenvalue weighted by Gasteiger charge is 2.08. The van der Waals surface area contributed by atoms with Gasteiger partial charge in [-0.3, -0.25) is 0 Å². The molecule has 0 aliphatic rings. The predicted octanol–water partition coefficient (Wildman–Crippen LogP) is 3.32. The van der Waals surface area contributed by atoms with E-state index >= 15 is 0 Å². The quantitative estimate of drug-likeness (QED) is 0.838. The van der Waals surface area contributed by atoms with E-state index in [-0.39, 0.29) is 6.61 Å². The second-order valence-corrected chi connectivity index (χ2v) is 6.12. The maximum absolute atomic E-state index is 8.78. The average Bonchev–Trinajstić information content (AvgIpc) is 2.42. The molecule has 1 N–H and O–H groups in total. The molecule has 1 atom stereocenters. The van der Waals surface area contributed by atoms with Crippen molar-refractivity contribution in [3.05, 3.63) is 29.3 Å². The van der Waals surface area contributed by atoms with Gasteiger partial charge in [-0.25, -0.2) is 0 Å². The Kier molecular flexibility index (Phi) is 6.83. The number of methoxy groups -OCH3 is 1. The lowest BCUT2D eigenvalue weighted by molar-refractivity contribution is 0.350. The minimum atomic E-state index is -0.132. The molecule has 0 bridgehead atoms. The summed E-state index contributed by atoms with van der Waals surface area (Å²) >= 11 is 1.95. The van der Waals surface area contributed by atoms with Gasteiger partial charge in [0.2, 0.25) is 0 Å². The summed E-state index contributed by atoms with van der Waals surface area (Å²) in [4.78, 5) is 0. The van der Waals surface area contributed by atoms with Crippen molar-refractivity contribution in [1.29, 1.82) is 0 Å². The van der Waals surface area contributed by atoms with Crippen LogP contribution >= 0.6 is 11.8 Å². The smallest absolute Gasteiger partial charge is 0.134 e. The lowest BCUT2D eigenvalue weighted by Crippen LogP contribution is -2.05. The molecule has 0 heterocycles. The van der Waals surface area contributed by atoms with E-state index in [2.05, 4.69) is 38.7 Å². The summed E-state index contributed by atoms with van der Waals surface area (Å²) < 4.78 is 5.27. The third-order valence-corrected chi connectivity index (χ3v) is 4.59. The van der Waals surface area contributed by atoms with Crippen molar-refractivity contribution in [2.75, 3.05) is 13.7 Å². The van der Waals surface area contributed by atoms with E-state index in [0.717, 1.165) is 17.1 Å². The van der Waals surface area contributed by atoms with Gasteiger partial charge in [0.15, 0.2) is 0 Å². The zero-order valence-electron chi connectivity index (χ0n) is 12.1. The molecule has 0 aromatic heterocycles. The second-order valence-electron chi connectivity index (χ2n) is 4.75. The molecule has 104 valence electrons. The SMILES string of the molecule is COc1ccc(CSC(C)C(C)C)cc1C#CCO. The van der Waals surface area contributed by atoms with Crippen molar-refractivity contribution >= 4 is 11.8 Å². The monoisotopic (exact) mass is 278 g/mol. The lowest BCUT2D eigenvalue weighted by atomic mass is 10.1. The van der Waals surface area contributed by atoms with Gasteiger partial charge < -0.3 is 9.84 Å². The Morgan fingerprint density at radius 1 is 1.32 bits per heavy atom. The number of benzene rings is 1. The molecule has 0 amide bonds. The first-order valence-corrected chi connectivity index (χ1v) is 7.51. The van der Waals surface area contributed by atoms with E-state index in [0.29, 0.717) is 11.2 Å². The summed E-state index contributed by atoms with van der Waals surface area (Å²) in [6.07, 6.45) is 0. The minimum Gasteiger partial charge on any atom is -0.495 e. The topological polar surface area (TPSA) is 29.5 Å². The van der Waals surface area contributed by atoms with Crippen molar-refractivity contribution in [2.24, 2.45) is 5.92 Å². The van der Waals surface area contributed by atoms with E-state index < -0.39 is 0 Å². The molecule has 3 heteroatoms. The van der Waals surface area contributed by atoms with Gasteiger partial charge in [-0.1, -0.05) is 38.7 Å². The summed E-state index contributed by atoms with van der Waals surface area (Å²) in [5, 5.41) is 9.41. The fraction of sp³-hybridized carbons (Fsp3) is 0.500. The number of aliphatic hydroxyl groups excluding tert-OH is 1. The van der Waals surface area contributed by atoms with Crippen LogP contribution in [0.1, 0.15) is 31.9 Å². The highest BCUT2D eigenvalue weighted by atomic mass is 32.2. The molecule has 0 saturated heterocycles. The third kappa shape index (κ3) is 5.18. The van der Waals surface area contributed by atoms with Crippen molar-refractivity contribution < 1.29 is 9.84 Å². The van der Waals surface area contributed by atoms with Crippen LogP contribution in [0, 0.1) is 17.8 Å². The maximum atomic E-state index is 8.78. The fourth-order valence-corrected chi connectivity index (χ4v) is 2.52. The molecule has 0 aliphatic heterocycles. The summed E-state index contributed by atoms with van der Waals surface area (Å²) in [6, 6.07) is 6.06. The first kappa shape index (κ1) is 15.9. The average molecular weight is 278 g/mol. The van der Waals surface area contributed by atoms with Crippen LogP contribution in [-0.2, 0) is 5.75 Å². The van der Waals surface area contributed by atoms with Crippen LogP contribution in [0.15, 0.2) is 18.2 Å². The van der Waals surface area contributed by atoms with Crippen LogP contribution in [0.4, 0.5) is 0 Å². The van der Waals surface area contributed by atoms with Gasteiger partial charge in [0, 0.05) is 11.0 Å². The van der Waals surface area contributed by atoms with Crippen LogP contribution < -0.4 is 4.74 Å². The van der Waals surface area contributed by atoms with Crippen molar-refractivity contribution in [3.8, 4) is 17.6 Å². The van der Waals surface area contributed by atoms with Crippen LogP contribution in [0.2, 0.25) is 0 Å². The summed E-state index contributed by atoms with van der Waals surface area (Å²) in [6.45, 7) is 6.60. The third-order valence-electron chi connectivity index (χ3n) is 3.02. The van der Waals surface area contributed by atoms with Crippen LogP contribution in [-0.4, -0.2) is 24.1 Å². The second kappa shape index (κ2) is 8.14. The van der Waals surface area contributed by atoms with E-state index in [1.165, 1.54) is 5.56 Å². The predicted molar refractivity (Wildman–Crippen MR) is 82.6 cm³/mol. The zero-order chi connectivity index (χ0) is 14.3. The van der Waals surface area contributed by atoms with Gasteiger partial charge >= 0.3 is 0 Å². The Morgan fingerprint density at radius 3 is 2.63 bits per heavy atom. The lowest BCUT2D eigenvalue weighted by Gasteiger charge is -2.15. The molecule has 19 heavy (non-hydrogen) atoms. The molecule has 1 unspecified atom stereocenters. The number of rotatable bonds is 5. The van der Waals surface area contributed by atoms with Crippen molar-refractivity contribution in [2.45, 2.75) is 31.8 Å². The van der Waals surface area contributed by atoms with Gasteiger partial charge in [0.05, 0.1) is 12.7 Å². The van der Waals surface area contributed by atoms with Crippen molar-refractivity contribution in [1.82, 2.24) is 0 Å². The van der Waals surface area contributed by atoms with Crippen LogP contribution in [0.3, 0.4) is 0 Å². The maximum Gasteiger partial charge on any atom is 0.134 e. The van der Waals surface area contributed by atoms with Crippen LogP contribution in [0.5, 0.6) is 5.75 Å². The minimum absolute atomic E-state index is 0.132.